The number of Topliss-reactive ketones (excluding diaryl/α,β-unsaturated/α-hetero) is 1. The predicted molar refractivity (Wildman–Crippen MR) is 144 cm³/mol. The summed E-state index contributed by atoms with van der Waals surface area (Å²) in [6.07, 6.45) is 1.52. The van der Waals surface area contributed by atoms with E-state index in [0.29, 0.717) is 17.1 Å². The molecule has 1 aliphatic carbocycles. The normalized spacial score (nSPS) is 18.0. The maximum atomic E-state index is 12.4. The Balaban J connectivity index is 0.000000301. The number of hydrogen-bond acceptors (Lipinski definition) is 17. The van der Waals surface area contributed by atoms with E-state index in [4.69, 9.17) is 63.2 Å². The molecule has 4 rings (SSSR count). The van der Waals surface area contributed by atoms with Crippen molar-refractivity contribution in [3.63, 3.8) is 0 Å². The Kier molecular flexibility index (Phi) is 14.7. The number of aliphatic hydroxyl groups is 9. The van der Waals surface area contributed by atoms with Crippen LogP contribution in [0.1, 0.15) is 0 Å². The molecule has 0 amide bonds. The summed E-state index contributed by atoms with van der Waals surface area (Å²) in [5.74, 6) is 0.0485. The second-order valence-electron chi connectivity index (χ2n) is 10.4. The van der Waals surface area contributed by atoms with Crippen LogP contribution in [0.4, 0.5) is 0 Å². The largest absolute Gasteiger partial charge is 0.394 e. The Bertz CT molecular complexity index is 840. The molecule has 238 valence electrons. The van der Waals surface area contributed by atoms with Crippen LogP contribution in [0.2, 0.25) is 0 Å². The maximum absolute atomic E-state index is 12.4. The molecule has 0 radical (unpaired) electrons. The van der Waals surface area contributed by atoms with Gasteiger partial charge in [-0.15, -0.1) is 0 Å². The fourth-order valence-corrected chi connectivity index (χ4v) is 2.73. The molecule has 3 fully saturated rings. The highest BCUT2D eigenvalue weighted by Gasteiger charge is 2.43. The standard InChI is InChI=1S/C12H13N3O2.3C4H11NO3/c16-9-7-8(13-1-2-13)12(17)11(15-5-6-15)10(9)14-3-4-14;3*5-4(1-6,2-7)3-8/h7H,1-6H2;3*6-8H,1-3,5H2. The number of nitrogens with two attached hydrogens (primary N) is 3. The first kappa shape index (κ1) is 36.8. The minimum atomic E-state index is -1.21. The zero-order valence-corrected chi connectivity index (χ0v) is 23.1. The van der Waals surface area contributed by atoms with Crippen LogP contribution in [-0.4, -0.2) is 188 Å². The maximum Gasteiger partial charge on any atom is 0.227 e. The number of aliphatic hydroxyl groups excluding tert-OH is 9. The van der Waals surface area contributed by atoms with Crippen LogP contribution < -0.4 is 17.2 Å². The summed E-state index contributed by atoms with van der Waals surface area (Å²) in [4.78, 5) is 30.5. The highest BCUT2D eigenvalue weighted by Crippen LogP contribution is 2.33. The smallest absolute Gasteiger partial charge is 0.227 e. The van der Waals surface area contributed by atoms with E-state index in [1.807, 2.05) is 14.7 Å². The van der Waals surface area contributed by atoms with Crippen molar-refractivity contribution in [2.75, 3.05) is 98.7 Å². The summed E-state index contributed by atoms with van der Waals surface area (Å²) >= 11 is 0. The van der Waals surface area contributed by atoms with Gasteiger partial charge in [0.2, 0.25) is 11.6 Å². The van der Waals surface area contributed by atoms with E-state index >= 15 is 0 Å². The number of carbonyl (C=O) groups is 2. The number of carbonyl (C=O) groups excluding carboxylic acids is 2. The van der Waals surface area contributed by atoms with Gasteiger partial charge >= 0.3 is 0 Å². The molecule has 15 N–H and O–H groups in total. The number of hydrogen-bond donors (Lipinski definition) is 12. The molecule has 0 aromatic rings. The van der Waals surface area contributed by atoms with E-state index in [0.717, 1.165) is 39.3 Å². The molecule has 0 aromatic heterocycles. The Morgan fingerprint density at radius 1 is 0.512 bits per heavy atom. The summed E-state index contributed by atoms with van der Waals surface area (Å²) in [5, 5.41) is 75.1. The van der Waals surface area contributed by atoms with Crippen LogP contribution in [0, 0.1) is 0 Å². The van der Waals surface area contributed by atoms with E-state index in [-0.39, 0.29) is 11.6 Å². The minimum Gasteiger partial charge on any atom is -0.394 e. The molecule has 41 heavy (non-hydrogen) atoms. The lowest BCUT2D eigenvalue weighted by atomic mass is 10.0. The van der Waals surface area contributed by atoms with E-state index < -0.39 is 76.1 Å². The summed E-state index contributed by atoms with van der Waals surface area (Å²) in [6, 6.07) is 0. The second-order valence-corrected chi connectivity index (χ2v) is 10.4. The summed E-state index contributed by atoms with van der Waals surface area (Å²) in [7, 11) is 0. The van der Waals surface area contributed by atoms with Crippen molar-refractivity contribution in [3.05, 3.63) is 23.2 Å². The van der Waals surface area contributed by atoms with Gasteiger partial charge in [0.05, 0.1) is 81.8 Å². The average Bonchev–Trinajstić information content (AvgIpc) is 3.83. The van der Waals surface area contributed by atoms with Gasteiger partial charge in [0.15, 0.2) is 0 Å². The molecule has 0 atom stereocenters. The van der Waals surface area contributed by atoms with Crippen LogP contribution in [0.5, 0.6) is 0 Å². The molecule has 3 heterocycles. The molecular weight excluding hydrogens is 548 g/mol. The van der Waals surface area contributed by atoms with Crippen LogP contribution in [0.25, 0.3) is 0 Å². The zero-order valence-electron chi connectivity index (χ0n) is 23.1. The Hall–Kier alpha value is -2.26. The molecule has 3 aliphatic heterocycles. The molecular formula is C24H46N6O11. The van der Waals surface area contributed by atoms with Gasteiger partial charge in [-0.1, -0.05) is 0 Å². The van der Waals surface area contributed by atoms with E-state index in [9.17, 15) is 9.59 Å². The molecule has 0 saturated carbocycles. The zero-order chi connectivity index (χ0) is 31.4. The van der Waals surface area contributed by atoms with Crippen molar-refractivity contribution in [3.8, 4) is 0 Å². The van der Waals surface area contributed by atoms with Gasteiger partial charge in [0.1, 0.15) is 11.4 Å². The Morgan fingerprint density at radius 2 is 0.780 bits per heavy atom. The van der Waals surface area contributed by atoms with Gasteiger partial charge in [0, 0.05) is 45.3 Å². The van der Waals surface area contributed by atoms with Gasteiger partial charge < -0.3 is 77.9 Å². The van der Waals surface area contributed by atoms with Gasteiger partial charge in [-0.05, 0) is 0 Å². The van der Waals surface area contributed by atoms with Crippen molar-refractivity contribution in [2.24, 2.45) is 17.2 Å². The first-order chi connectivity index (χ1) is 19.3. The third kappa shape index (κ3) is 11.2. The minimum absolute atomic E-state index is 0.00546. The third-order valence-electron chi connectivity index (χ3n) is 6.32. The number of rotatable bonds is 12. The topological polar surface area (TPSA) is 303 Å². The predicted octanol–water partition coefficient (Wildman–Crippen LogP) is -7.84. The van der Waals surface area contributed by atoms with Crippen LogP contribution >= 0.6 is 0 Å². The van der Waals surface area contributed by atoms with E-state index in [1.165, 1.54) is 6.08 Å². The number of allylic oxidation sites excluding steroid dienone is 1. The molecule has 17 nitrogen and oxygen atoms in total. The SMILES string of the molecule is NC(CO)(CO)CO.NC(CO)(CO)CO.NC(CO)(CO)CO.O=C1C=C(N2CC2)C(=O)C(N2CC2)=C1N1CC1. The quantitative estimate of drug-likeness (QED) is 0.0737. The first-order valence-electron chi connectivity index (χ1n) is 12.9. The van der Waals surface area contributed by atoms with Crippen molar-refractivity contribution in [1.82, 2.24) is 14.7 Å². The van der Waals surface area contributed by atoms with Crippen molar-refractivity contribution >= 4 is 11.6 Å². The second kappa shape index (κ2) is 16.4. The molecule has 0 aromatic carbocycles. The average molecular weight is 595 g/mol. The van der Waals surface area contributed by atoms with Crippen molar-refractivity contribution in [2.45, 2.75) is 16.6 Å². The monoisotopic (exact) mass is 594 g/mol. The van der Waals surface area contributed by atoms with Gasteiger partial charge in [0.25, 0.3) is 0 Å². The first-order valence-corrected chi connectivity index (χ1v) is 12.9. The van der Waals surface area contributed by atoms with E-state index in [2.05, 4.69) is 0 Å². The molecule has 0 bridgehead atoms. The molecule has 4 aliphatic rings. The van der Waals surface area contributed by atoms with Crippen LogP contribution in [0.3, 0.4) is 0 Å². The van der Waals surface area contributed by atoms with Crippen molar-refractivity contribution in [1.29, 1.82) is 0 Å². The molecule has 17 heteroatoms. The summed E-state index contributed by atoms with van der Waals surface area (Å²) < 4.78 is 0. The lowest BCUT2D eigenvalue weighted by molar-refractivity contribution is -0.117. The van der Waals surface area contributed by atoms with Crippen LogP contribution in [0.15, 0.2) is 23.2 Å². The lowest BCUT2D eigenvalue weighted by Crippen LogP contribution is -2.50. The van der Waals surface area contributed by atoms with Gasteiger partial charge in [-0.25, -0.2) is 0 Å². The highest BCUT2D eigenvalue weighted by atomic mass is 16.3. The molecule has 3 saturated heterocycles. The number of ketones is 2. The fraction of sp³-hybridized carbons (Fsp3) is 0.750. The summed E-state index contributed by atoms with van der Waals surface area (Å²) in [5.41, 5.74) is 13.7. The van der Waals surface area contributed by atoms with Gasteiger partial charge in [-0.3, -0.25) is 9.59 Å². The Morgan fingerprint density at radius 3 is 1.00 bits per heavy atom. The molecule has 0 unspecified atom stereocenters. The van der Waals surface area contributed by atoms with Crippen LogP contribution in [-0.2, 0) is 9.59 Å². The Labute approximate surface area is 238 Å². The van der Waals surface area contributed by atoms with E-state index in [1.54, 1.807) is 0 Å². The summed E-state index contributed by atoms with van der Waals surface area (Å²) in [6.45, 7) is 1.78. The van der Waals surface area contributed by atoms with Crippen molar-refractivity contribution < 1.29 is 55.5 Å². The lowest BCUT2D eigenvalue weighted by Gasteiger charge is -2.21. The number of nitrogens with zero attached hydrogens (tertiary/aromatic N) is 3. The fourth-order valence-electron chi connectivity index (χ4n) is 2.73. The van der Waals surface area contributed by atoms with Gasteiger partial charge in [-0.2, -0.15) is 0 Å². The highest BCUT2D eigenvalue weighted by molar-refractivity contribution is 6.22. The molecule has 0 spiro atoms. The third-order valence-corrected chi connectivity index (χ3v) is 6.32.